The molecular formula is C14H18BrNO3. The molecule has 5 heteroatoms. The summed E-state index contributed by atoms with van der Waals surface area (Å²) in [5, 5.41) is 2.90. The Labute approximate surface area is 121 Å². The van der Waals surface area contributed by atoms with E-state index in [9.17, 15) is 4.79 Å². The molecule has 0 fully saturated rings. The molecule has 1 aliphatic heterocycles. The van der Waals surface area contributed by atoms with Gasteiger partial charge >= 0.3 is 0 Å². The zero-order chi connectivity index (χ0) is 13.7. The highest BCUT2D eigenvalue weighted by molar-refractivity contribution is 9.10. The molecule has 1 aromatic rings. The van der Waals surface area contributed by atoms with E-state index in [1.54, 1.807) is 0 Å². The summed E-state index contributed by atoms with van der Waals surface area (Å²) in [5.74, 6) is 0.925. The summed E-state index contributed by atoms with van der Waals surface area (Å²) in [7, 11) is 0. The van der Waals surface area contributed by atoms with Crippen LogP contribution in [0.25, 0.3) is 0 Å². The minimum absolute atomic E-state index is 0.000160. The van der Waals surface area contributed by atoms with Crippen LogP contribution in [0.1, 0.15) is 24.5 Å². The number of carbonyl (C=O) groups excluding carboxylic acids is 1. The highest BCUT2D eigenvalue weighted by Crippen LogP contribution is 2.32. The maximum absolute atomic E-state index is 11.6. The zero-order valence-electron chi connectivity index (χ0n) is 11.0. The van der Waals surface area contributed by atoms with Crippen LogP contribution in [-0.4, -0.2) is 25.7 Å². The van der Waals surface area contributed by atoms with E-state index in [1.165, 1.54) is 5.56 Å². The van der Waals surface area contributed by atoms with Crippen molar-refractivity contribution in [3.05, 3.63) is 27.7 Å². The molecule has 0 bridgehead atoms. The van der Waals surface area contributed by atoms with Gasteiger partial charge in [-0.25, -0.2) is 0 Å². The van der Waals surface area contributed by atoms with Gasteiger partial charge in [0.2, 0.25) is 5.91 Å². The Balaban J connectivity index is 1.91. The van der Waals surface area contributed by atoms with Crippen molar-refractivity contribution in [2.45, 2.75) is 26.3 Å². The molecule has 1 N–H and O–H groups in total. The predicted octanol–water partition coefficient (Wildman–Crippen LogP) is 2.43. The van der Waals surface area contributed by atoms with E-state index in [-0.39, 0.29) is 5.91 Å². The number of ether oxygens (including phenoxy) is 2. The molecule has 0 aliphatic carbocycles. The fraction of sp³-hybridized carbons (Fsp3) is 0.500. The van der Waals surface area contributed by atoms with E-state index in [4.69, 9.17) is 9.47 Å². The molecule has 1 aromatic carbocycles. The van der Waals surface area contributed by atoms with Gasteiger partial charge in [0.05, 0.1) is 13.2 Å². The number of benzene rings is 1. The molecule has 1 aliphatic rings. The van der Waals surface area contributed by atoms with Gasteiger partial charge in [-0.1, -0.05) is 15.9 Å². The smallest absolute Gasteiger partial charge is 0.222 e. The van der Waals surface area contributed by atoms with Gasteiger partial charge in [0, 0.05) is 36.0 Å². The number of rotatable bonds is 6. The van der Waals surface area contributed by atoms with Crippen molar-refractivity contribution in [2.75, 3.05) is 19.8 Å². The number of hydrogen-bond donors (Lipinski definition) is 1. The monoisotopic (exact) mass is 327 g/mol. The Morgan fingerprint density at radius 2 is 2.37 bits per heavy atom. The molecule has 0 spiro atoms. The minimum Gasteiger partial charge on any atom is -0.493 e. The second-order valence-electron chi connectivity index (χ2n) is 4.38. The van der Waals surface area contributed by atoms with E-state index >= 15 is 0 Å². The Bertz CT molecular complexity index is 462. The van der Waals surface area contributed by atoms with Crippen LogP contribution in [0.5, 0.6) is 5.75 Å². The second-order valence-corrected chi connectivity index (χ2v) is 5.29. The highest BCUT2D eigenvalue weighted by atomic mass is 79.9. The Morgan fingerprint density at radius 3 is 3.16 bits per heavy atom. The van der Waals surface area contributed by atoms with E-state index in [0.29, 0.717) is 26.2 Å². The summed E-state index contributed by atoms with van der Waals surface area (Å²) in [6.45, 7) is 4.24. The molecule has 0 aromatic heterocycles. The summed E-state index contributed by atoms with van der Waals surface area (Å²) < 4.78 is 11.8. The lowest BCUT2D eigenvalue weighted by molar-refractivity contribution is -0.122. The van der Waals surface area contributed by atoms with Gasteiger partial charge in [-0.3, -0.25) is 4.79 Å². The van der Waals surface area contributed by atoms with Crippen LogP contribution in [0.3, 0.4) is 0 Å². The Morgan fingerprint density at radius 1 is 1.53 bits per heavy atom. The van der Waals surface area contributed by atoms with Gasteiger partial charge in [0.1, 0.15) is 5.75 Å². The lowest BCUT2D eigenvalue weighted by atomic mass is 10.1. The van der Waals surface area contributed by atoms with Crippen molar-refractivity contribution in [2.24, 2.45) is 0 Å². The standard InChI is InChI=1S/C14H18BrNO3/c1-2-18-5-4-13(17)16-9-11-8-12(15)7-10-3-6-19-14(10)11/h7-8H,2-6,9H2,1H3,(H,16,17). The maximum atomic E-state index is 11.6. The fourth-order valence-corrected chi connectivity index (χ4v) is 2.62. The molecule has 0 saturated heterocycles. The predicted molar refractivity (Wildman–Crippen MR) is 76.3 cm³/mol. The number of nitrogens with one attached hydrogen (secondary N) is 1. The van der Waals surface area contributed by atoms with Gasteiger partial charge < -0.3 is 14.8 Å². The van der Waals surface area contributed by atoms with Gasteiger partial charge in [-0.15, -0.1) is 0 Å². The average Bonchev–Trinajstić information content (AvgIpc) is 2.84. The molecule has 0 radical (unpaired) electrons. The van der Waals surface area contributed by atoms with E-state index in [2.05, 4.69) is 27.3 Å². The number of carbonyl (C=O) groups is 1. The van der Waals surface area contributed by atoms with Crippen LogP contribution in [0, 0.1) is 0 Å². The third-order valence-electron chi connectivity index (χ3n) is 2.98. The molecule has 0 saturated carbocycles. The summed E-state index contributed by atoms with van der Waals surface area (Å²) in [5.41, 5.74) is 2.22. The van der Waals surface area contributed by atoms with Crippen LogP contribution < -0.4 is 10.1 Å². The first-order valence-corrected chi connectivity index (χ1v) is 7.28. The van der Waals surface area contributed by atoms with Crippen molar-refractivity contribution in [3.63, 3.8) is 0 Å². The average molecular weight is 328 g/mol. The molecule has 2 rings (SSSR count). The van der Waals surface area contributed by atoms with Gasteiger partial charge in [-0.05, 0) is 24.6 Å². The molecule has 0 unspecified atom stereocenters. The van der Waals surface area contributed by atoms with Gasteiger partial charge in [0.15, 0.2) is 0 Å². The summed E-state index contributed by atoms with van der Waals surface area (Å²) in [4.78, 5) is 11.6. The zero-order valence-corrected chi connectivity index (χ0v) is 12.6. The largest absolute Gasteiger partial charge is 0.493 e. The first-order valence-electron chi connectivity index (χ1n) is 6.49. The Kier molecular flexibility index (Phi) is 5.22. The third-order valence-corrected chi connectivity index (χ3v) is 3.44. The van der Waals surface area contributed by atoms with Crippen molar-refractivity contribution < 1.29 is 14.3 Å². The number of hydrogen-bond acceptors (Lipinski definition) is 3. The fourth-order valence-electron chi connectivity index (χ4n) is 2.07. The van der Waals surface area contributed by atoms with Crippen molar-refractivity contribution in [1.29, 1.82) is 0 Å². The number of fused-ring (bicyclic) bond motifs is 1. The SMILES string of the molecule is CCOCCC(=O)NCc1cc(Br)cc2c1OCC2. The molecular weight excluding hydrogens is 310 g/mol. The van der Waals surface area contributed by atoms with Crippen LogP contribution >= 0.6 is 15.9 Å². The summed E-state index contributed by atoms with van der Waals surface area (Å²) >= 11 is 3.49. The first kappa shape index (κ1) is 14.3. The van der Waals surface area contributed by atoms with Crippen LogP contribution in [0.4, 0.5) is 0 Å². The van der Waals surface area contributed by atoms with Crippen molar-refractivity contribution in [1.82, 2.24) is 5.32 Å². The van der Waals surface area contributed by atoms with Crippen LogP contribution in [0.2, 0.25) is 0 Å². The lowest BCUT2D eigenvalue weighted by Crippen LogP contribution is -2.24. The third kappa shape index (κ3) is 3.94. The molecule has 1 amide bonds. The summed E-state index contributed by atoms with van der Waals surface area (Å²) in [6, 6.07) is 4.07. The van der Waals surface area contributed by atoms with Crippen molar-refractivity contribution >= 4 is 21.8 Å². The molecule has 104 valence electrons. The summed E-state index contributed by atoms with van der Waals surface area (Å²) in [6.07, 6.45) is 1.32. The second kappa shape index (κ2) is 6.91. The van der Waals surface area contributed by atoms with E-state index in [1.807, 2.05) is 13.0 Å². The minimum atomic E-state index is 0.000160. The van der Waals surface area contributed by atoms with E-state index < -0.39 is 0 Å². The highest BCUT2D eigenvalue weighted by Gasteiger charge is 2.17. The van der Waals surface area contributed by atoms with Crippen molar-refractivity contribution in [3.8, 4) is 5.75 Å². The number of amides is 1. The topological polar surface area (TPSA) is 47.6 Å². The Hall–Kier alpha value is -1.07. The lowest BCUT2D eigenvalue weighted by Gasteiger charge is -2.10. The molecule has 19 heavy (non-hydrogen) atoms. The number of halogens is 1. The molecule has 0 atom stereocenters. The molecule has 4 nitrogen and oxygen atoms in total. The van der Waals surface area contributed by atoms with Crippen LogP contribution in [-0.2, 0) is 22.5 Å². The maximum Gasteiger partial charge on any atom is 0.222 e. The van der Waals surface area contributed by atoms with Gasteiger partial charge in [0.25, 0.3) is 0 Å². The molecule has 1 heterocycles. The first-order chi connectivity index (χ1) is 9.20. The van der Waals surface area contributed by atoms with Crippen LogP contribution in [0.15, 0.2) is 16.6 Å². The van der Waals surface area contributed by atoms with Gasteiger partial charge in [-0.2, -0.15) is 0 Å². The normalized spacial score (nSPS) is 12.9. The quantitative estimate of drug-likeness (QED) is 0.816. The van der Waals surface area contributed by atoms with E-state index in [0.717, 1.165) is 28.8 Å².